The van der Waals surface area contributed by atoms with Gasteiger partial charge in [-0.3, -0.25) is 9.59 Å². The predicted octanol–water partition coefficient (Wildman–Crippen LogP) is 2.25. The highest BCUT2D eigenvalue weighted by atomic mass is 16.5. The molecule has 1 aromatic carbocycles. The molecule has 0 saturated heterocycles. The van der Waals surface area contributed by atoms with Gasteiger partial charge in [0.1, 0.15) is 0 Å². The lowest BCUT2D eigenvalue weighted by Gasteiger charge is -2.17. The van der Waals surface area contributed by atoms with Crippen LogP contribution in [0.1, 0.15) is 49.9 Å². The molecule has 0 heterocycles. The maximum absolute atomic E-state index is 12.0. The molecule has 23 heavy (non-hydrogen) atoms. The molecule has 0 aliphatic heterocycles. The Hall–Kier alpha value is -2.37. The summed E-state index contributed by atoms with van der Waals surface area (Å²) >= 11 is 0. The molecule has 1 fully saturated rings. The van der Waals surface area contributed by atoms with Gasteiger partial charge in [0.25, 0.3) is 5.91 Å². The van der Waals surface area contributed by atoms with Crippen molar-refractivity contribution in [2.45, 2.75) is 51.7 Å². The highest BCUT2D eigenvalue weighted by Gasteiger charge is 2.23. The highest BCUT2D eigenvalue weighted by Crippen LogP contribution is 2.18. The SMILES string of the molecule is CC(=O)Nc1ccc(C(=O)O[C@@H](C)C(=O)NC2CCCC2)cc1. The molecule has 2 N–H and O–H groups in total. The van der Waals surface area contributed by atoms with E-state index in [9.17, 15) is 14.4 Å². The van der Waals surface area contributed by atoms with Crippen LogP contribution in [0.25, 0.3) is 0 Å². The number of carbonyl (C=O) groups excluding carboxylic acids is 3. The van der Waals surface area contributed by atoms with E-state index in [1.807, 2.05) is 0 Å². The maximum Gasteiger partial charge on any atom is 0.338 e. The fourth-order valence-corrected chi connectivity index (χ4v) is 2.56. The van der Waals surface area contributed by atoms with Crippen LogP contribution in [-0.2, 0) is 14.3 Å². The summed E-state index contributed by atoms with van der Waals surface area (Å²) in [6.07, 6.45) is 3.38. The number of benzene rings is 1. The molecule has 6 heteroatoms. The Bertz CT molecular complexity index is 577. The Morgan fingerprint density at radius 3 is 2.30 bits per heavy atom. The van der Waals surface area contributed by atoms with E-state index in [4.69, 9.17) is 4.74 Å². The molecule has 1 aliphatic rings. The molecular formula is C17H22N2O4. The van der Waals surface area contributed by atoms with Crippen LogP contribution in [0.2, 0.25) is 0 Å². The summed E-state index contributed by atoms with van der Waals surface area (Å²) in [4.78, 5) is 35.0. The van der Waals surface area contributed by atoms with Gasteiger partial charge in [-0.15, -0.1) is 0 Å². The second kappa shape index (κ2) is 7.76. The average Bonchev–Trinajstić information content (AvgIpc) is 3.00. The first-order valence-corrected chi connectivity index (χ1v) is 7.84. The van der Waals surface area contributed by atoms with Crippen molar-refractivity contribution in [3.05, 3.63) is 29.8 Å². The zero-order valence-corrected chi connectivity index (χ0v) is 13.4. The van der Waals surface area contributed by atoms with Crippen molar-refractivity contribution in [2.75, 3.05) is 5.32 Å². The Labute approximate surface area is 135 Å². The minimum absolute atomic E-state index is 0.183. The van der Waals surface area contributed by atoms with Crippen LogP contribution in [0.4, 0.5) is 5.69 Å². The van der Waals surface area contributed by atoms with Crippen molar-refractivity contribution in [3.63, 3.8) is 0 Å². The molecular weight excluding hydrogens is 296 g/mol. The third kappa shape index (κ3) is 5.09. The fourth-order valence-electron chi connectivity index (χ4n) is 2.56. The van der Waals surface area contributed by atoms with E-state index in [-0.39, 0.29) is 17.9 Å². The van der Waals surface area contributed by atoms with Crippen molar-refractivity contribution < 1.29 is 19.1 Å². The van der Waals surface area contributed by atoms with E-state index >= 15 is 0 Å². The number of anilines is 1. The monoisotopic (exact) mass is 318 g/mol. The first kappa shape index (κ1) is 17.0. The Kier molecular flexibility index (Phi) is 5.73. The van der Waals surface area contributed by atoms with Crippen LogP contribution in [0, 0.1) is 0 Å². The van der Waals surface area contributed by atoms with E-state index in [1.54, 1.807) is 31.2 Å². The molecule has 1 aromatic rings. The van der Waals surface area contributed by atoms with Crippen molar-refractivity contribution >= 4 is 23.5 Å². The van der Waals surface area contributed by atoms with Crippen LogP contribution < -0.4 is 10.6 Å². The lowest BCUT2D eigenvalue weighted by molar-refractivity contribution is -0.129. The summed E-state index contributed by atoms with van der Waals surface area (Å²) in [6.45, 7) is 2.97. The molecule has 1 aliphatic carbocycles. The minimum Gasteiger partial charge on any atom is -0.449 e. The first-order valence-electron chi connectivity index (χ1n) is 7.84. The molecule has 2 amide bonds. The van der Waals surface area contributed by atoms with Gasteiger partial charge in [0, 0.05) is 18.7 Å². The zero-order chi connectivity index (χ0) is 16.8. The molecule has 2 rings (SSSR count). The van der Waals surface area contributed by atoms with E-state index in [0.717, 1.165) is 25.7 Å². The summed E-state index contributed by atoms with van der Waals surface area (Å²) < 4.78 is 5.19. The first-order chi connectivity index (χ1) is 11.0. The number of carbonyl (C=O) groups is 3. The molecule has 0 bridgehead atoms. The van der Waals surface area contributed by atoms with Crippen LogP contribution in [0.3, 0.4) is 0 Å². The van der Waals surface area contributed by atoms with Gasteiger partial charge in [0.2, 0.25) is 5.91 Å². The van der Waals surface area contributed by atoms with Gasteiger partial charge in [-0.1, -0.05) is 12.8 Å². The van der Waals surface area contributed by atoms with E-state index in [1.165, 1.54) is 6.92 Å². The summed E-state index contributed by atoms with van der Waals surface area (Å²) in [5.41, 5.74) is 0.931. The summed E-state index contributed by atoms with van der Waals surface area (Å²) in [5.74, 6) is -1.01. The zero-order valence-electron chi connectivity index (χ0n) is 13.4. The van der Waals surface area contributed by atoms with Gasteiger partial charge in [0.15, 0.2) is 6.10 Å². The molecule has 0 spiro atoms. The normalized spacial score (nSPS) is 15.7. The molecule has 1 saturated carbocycles. The van der Waals surface area contributed by atoms with Gasteiger partial charge in [0.05, 0.1) is 5.56 Å². The predicted molar refractivity (Wildman–Crippen MR) is 86.0 cm³/mol. The fraction of sp³-hybridized carbons (Fsp3) is 0.471. The second-order valence-electron chi connectivity index (χ2n) is 5.80. The van der Waals surface area contributed by atoms with E-state index in [2.05, 4.69) is 10.6 Å². The summed E-state index contributed by atoms with van der Waals surface area (Å²) in [6, 6.07) is 6.52. The molecule has 6 nitrogen and oxygen atoms in total. The third-order valence-corrected chi connectivity index (χ3v) is 3.80. The number of rotatable bonds is 5. The average molecular weight is 318 g/mol. The highest BCUT2D eigenvalue weighted by molar-refractivity contribution is 5.93. The number of amides is 2. The van der Waals surface area contributed by atoms with Crippen LogP contribution in [0.5, 0.6) is 0 Å². The van der Waals surface area contributed by atoms with E-state index < -0.39 is 12.1 Å². The van der Waals surface area contributed by atoms with Gasteiger partial charge >= 0.3 is 5.97 Å². The summed E-state index contributed by atoms with van der Waals surface area (Å²) in [5, 5.41) is 5.52. The van der Waals surface area contributed by atoms with Gasteiger partial charge in [-0.05, 0) is 44.0 Å². The lowest BCUT2D eigenvalue weighted by Crippen LogP contribution is -2.40. The van der Waals surface area contributed by atoms with Crippen LogP contribution in [-0.4, -0.2) is 29.9 Å². The standard InChI is InChI=1S/C17H22N2O4/c1-11(16(21)19-14-5-3-4-6-14)23-17(22)13-7-9-15(10-8-13)18-12(2)20/h7-11,14H,3-6H2,1-2H3,(H,18,20)(H,19,21)/t11-/m0/s1. The number of ether oxygens (including phenoxy) is 1. The van der Waals surface area contributed by atoms with Gasteiger partial charge < -0.3 is 15.4 Å². The maximum atomic E-state index is 12.0. The van der Waals surface area contributed by atoms with E-state index in [0.29, 0.717) is 11.3 Å². The topological polar surface area (TPSA) is 84.5 Å². The Balaban J connectivity index is 1.87. The Morgan fingerprint density at radius 2 is 1.74 bits per heavy atom. The van der Waals surface area contributed by atoms with Crippen LogP contribution >= 0.6 is 0 Å². The smallest absolute Gasteiger partial charge is 0.338 e. The van der Waals surface area contributed by atoms with Gasteiger partial charge in [-0.25, -0.2) is 4.79 Å². The molecule has 0 aromatic heterocycles. The quantitative estimate of drug-likeness (QED) is 0.816. The van der Waals surface area contributed by atoms with Crippen molar-refractivity contribution in [3.8, 4) is 0 Å². The van der Waals surface area contributed by atoms with Crippen molar-refractivity contribution in [1.29, 1.82) is 0 Å². The minimum atomic E-state index is -0.835. The lowest BCUT2D eigenvalue weighted by atomic mass is 10.2. The number of nitrogens with one attached hydrogen (secondary N) is 2. The molecule has 0 radical (unpaired) electrons. The number of esters is 1. The Morgan fingerprint density at radius 1 is 1.13 bits per heavy atom. The van der Waals surface area contributed by atoms with Gasteiger partial charge in [-0.2, -0.15) is 0 Å². The third-order valence-electron chi connectivity index (χ3n) is 3.80. The second-order valence-corrected chi connectivity index (χ2v) is 5.80. The van der Waals surface area contributed by atoms with Crippen molar-refractivity contribution in [2.24, 2.45) is 0 Å². The van der Waals surface area contributed by atoms with Crippen molar-refractivity contribution in [1.82, 2.24) is 5.32 Å². The molecule has 0 unspecified atom stereocenters. The number of hydrogen-bond acceptors (Lipinski definition) is 4. The number of hydrogen-bond donors (Lipinski definition) is 2. The largest absolute Gasteiger partial charge is 0.449 e. The molecule has 1 atom stereocenters. The molecule has 124 valence electrons. The summed E-state index contributed by atoms with van der Waals surface area (Å²) in [7, 11) is 0. The van der Waals surface area contributed by atoms with Crippen LogP contribution in [0.15, 0.2) is 24.3 Å².